The quantitative estimate of drug-likeness (QED) is 0.422. The first-order chi connectivity index (χ1) is 2.00. The molecule has 2 heteroatoms. The van der Waals surface area contributed by atoms with Crippen molar-refractivity contribution in [3.05, 3.63) is 0 Å². The maximum Gasteiger partial charge on any atom is 0.116 e. The van der Waals surface area contributed by atoms with Crippen LogP contribution in [0.2, 0.25) is 0 Å². The molecule has 0 fully saturated rings. The van der Waals surface area contributed by atoms with Gasteiger partial charge in [-0.05, 0) is 0 Å². The summed E-state index contributed by atoms with van der Waals surface area (Å²) in [6.45, 7) is 4.00. The Morgan fingerprint density at radius 3 is 1.25 bits per heavy atom. The summed E-state index contributed by atoms with van der Waals surface area (Å²) >= 11 is 3.14. The monoisotopic (exact) mass is 84.0 g/mol. The van der Waals surface area contributed by atoms with Crippen molar-refractivity contribution in [3.63, 3.8) is 0 Å². The Bertz CT molecular complexity index is 6.00. The largest absolute Gasteiger partial charge is 0.116 e. The molecule has 0 radical (unpaired) electrons. The lowest BCUT2D eigenvalue weighted by molar-refractivity contribution is 0.906. The van der Waals surface area contributed by atoms with Crippen LogP contribution in [0.5, 0.6) is 0 Å². The van der Waals surface area contributed by atoms with Crippen LogP contribution in [0.1, 0.15) is 13.8 Å². The molecule has 0 unspecified atom stereocenters. The molecule has 0 heterocycles. The minimum absolute atomic E-state index is 2.00. The smallest absolute Gasteiger partial charge is 0.116 e. The summed E-state index contributed by atoms with van der Waals surface area (Å²) in [6, 6.07) is 0. The zero-order valence-electron chi connectivity index (χ0n) is 2.76. The highest BCUT2D eigenvalue weighted by atomic mass is 35.5. The van der Waals surface area contributed by atoms with Gasteiger partial charge >= 0.3 is 0 Å². The Hall–Kier alpha value is 0.220. The van der Waals surface area contributed by atoms with E-state index in [4.69, 9.17) is 3.98 Å². The second kappa shape index (κ2) is 328. The van der Waals surface area contributed by atoms with E-state index < -0.39 is 0 Å². The van der Waals surface area contributed by atoms with Crippen LogP contribution in [0, 0.1) is 0 Å². The molecular weight excluding hydrogens is 78.5 g/mol. The SMILES string of the molecule is CC.FCl. The molecular formula is C2H6ClF. The van der Waals surface area contributed by atoms with Gasteiger partial charge in [0.15, 0.2) is 0 Å². The van der Waals surface area contributed by atoms with Gasteiger partial charge in [0, 0.05) is 0 Å². The van der Waals surface area contributed by atoms with Crippen molar-refractivity contribution in [1.82, 2.24) is 0 Å². The summed E-state index contributed by atoms with van der Waals surface area (Å²) < 4.78 is 8.97. The van der Waals surface area contributed by atoms with Crippen LogP contribution in [0.4, 0.5) is 3.98 Å². The molecule has 0 aliphatic heterocycles. The standard InChI is InChI=1S/C2H6.ClF/c2*1-2/h1-2H3;. The van der Waals surface area contributed by atoms with E-state index >= 15 is 0 Å². The number of halogens is 2. The lowest BCUT2D eigenvalue weighted by atomic mass is 11.0. The first-order valence-corrected chi connectivity index (χ1v) is 1.43. The van der Waals surface area contributed by atoms with E-state index in [-0.39, 0.29) is 0 Å². The lowest BCUT2D eigenvalue weighted by Crippen LogP contribution is -0.856. The minimum atomic E-state index is 2.00. The lowest BCUT2D eigenvalue weighted by Gasteiger charge is -1.07. The van der Waals surface area contributed by atoms with Crippen LogP contribution in [-0.4, -0.2) is 0 Å². The average Bonchev–Trinajstić information content (AvgIpc) is 1.50. The molecule has 0 nitrogen and oxygen atoms in total. The molecule has 4 heavy (non-hydrogen) atoms. The molecule has 0 aromatic rings. The van der Waals surface area contributed by atoms with E-state index in [9.17, 15) is 0 Å². The van der Waals surface area contributed by atoms with Gasteiger partial charge in [0.1, 0.15) is 12.0 Å². The van der Waals surface area contributed by atoms with E-state index in [0.717, 1.165) is 0 Å². The molecule has 0 spiro atoms. The first-order valence-electron chi connectivity index (χ1n) is 1.14. The van der Waals surface area contributed by atoms with Gasteiger partial charge < -0.3 is 0 Å². The maximum atomic E-state index is 8.97. The maximum absolute atomic E-state index is 8.97. The third kappa shape index (κ3) is 68.3. The number of hydrogen-bond acceptors (Lipinski definition) is 0. The van der Waals surface area contributed by atoms with Crippen molar-refractivity contribution in [2.45, 2.75) is 13.8 Å². The molecule has 0 aromatic heterocycles. The van der Waals surface area contributed by atoms with Crippen molar-refractivity contribution in [2.24, 2.45) is 0 Å². The van der Waals surface area contributed by atoms with E-state index in [2.05, 4.69) is 12.0 Å². The molecule has 0 aliphatic carbocycles. The highest BCUT2D eigenvalue weighted by molar-refractivity contribution is 6.06. The van der Waals surface area contributed by atoms with Gasteiger partial charge in [-0.2, -0.15) is 0 Å². The third-order valence-corrected chi connectivity index (χ3v) is 0. The fraction of sp³-hybridized carbons (Fsp3) is 1.00. The van der Waals surface area contributed by atoms with Crippen molar-refractivity contribution in [1.29, 1.82) is 0 Å². The van der Waals surface area contributed by atoms with Crippen molar-refractivity contribution >= 4 is 12.0 Å². The first kappa shape index (κ1) is 8.88. The Morgan fingerprint density at radius 2 is 1.25 bits per heavy atom. The van der Waals surface area contributed by atoms with Gasteiger partial charge in [0.2, 0.25) is 0 Å². The average molecular weight is 84.5 g/mol. The Kier molecular flexibility index (Phi) is 728. The van der Waals surface area contributed by atoms with Crippen LogP contribution in [-0.2, 0) is 0 Å². The van der Waals surface area contributed by atoms with Gasteiger partial charge in [0.05, 0.1) is 0 Å². The van der Waals surface area contributed by atoms with Gasteiger partial charge in [-0.25, -0.2) is 0 Å². The summed E-state index contributed by atoms with van der Waals surface area (Å²) in [5.74, 6) is 0. The van der Waals surface area contributed by atoms with E-state index in [0.29, 0.717) is 0 Å². The highest BCUT2D eigenvalue weighted by Crippen LogP contribution is 1.56. The van der Waals surface area contributed by atoms with Gasteiger partial charge in [-0.3, -0.25) is 0 Å². The topological polar surface area (TPSA) is 0 Å². The second-order valence-corrected chi connectivity index (χ2v) is 0. The predicted octanol–water partition coefficient (Wildman–Crippen LogP) is 2.14. The highest BCUT2D eigenvalue weighted by Gasteiger charge is 1.01. The third-order valence-electron chi connectivity index (χ3n) is 0. The minimum Gasteiger partial charge on any atom is -0.116 e. The zero-order chi connectivity index (χ0) is 4.00. The van der Waals surface area contributed by atoms with E-state index in [1.54, 1.807) is 0 Å². The van der Waals surface area contributed by atoms with Crippen molar-refractivity contribution < 1.29 is 3.98 Å². The van der Waals surface area contributed by atoms with Gasteiger partial charge in [0.25, 0.3) is 0 Å². The van der Waals surface area contributed by atoms with Crippen molar-refractivity contribution in [3.8, 4) is 0 Å². The van der Waals surface area contributed by atoms with Crippen LogP contribution in [0.25, 0.3) is 0 Å². The molecule has 28 valence electrons. The summed E-state index contributed by atoms with van der Waals surface area (Å²) in [5.41, 5.74) is 0. The molecule has 0 N–H and O–H groups in total. The normalized spacial score (nSPS) is 3.00. The number of rotatable bonds is 0. The molecule has 0 amide bonds. The molecule has 0 aliphatic rings. The summed E-state index contributed by atoms with van der Waals surface area (Å²) in [5, 5.41) is 0. The molecule has 0 atom stereocenters. The number of hydrogen-bond donors (Lipinski definition) is 0. The molecule has 0 saturated heterocycles. The van der Waals surface area contributed by atoms with E-state index in [1.807, 2.05) is 13.8 Å². The molecule has 0 rings (SSSR count). The predicted molar refractivity (Wildman–Crippen MR) is 18.3 cm³/mol. The van der Waals surface area contributed by atoms with Crippen LogP contribution in [0.15, 0.2) is 0 Å². The molecule has 0 aromatic carbocycles. The van der Waals surface area contributed by atoms with Crippen molar-refractivity contribution in [2.75, 3.05) is 0 Å². The zero-order valence-corrected chi connectivity index (χ0v) is 3.51. The Morgan fingerprint density at radius 1 is 1.25 bits per heavy atom. The Labute approximate surface area is 30.8 Å². The van der Waals surface area contributed by atoms with Crippen LogP contribution in [0.3, 0.4) is 0 Å². The van der Waals surface area contributed by atoms with Gasteiger partial charge in [-0.15, -0.1) is 3.98 Å². The fourth-order valence-electron chi connectivity index (χ4n) is 0. The summed E-state index contributed by atoms with van der Waals surface area (Å²) in [7, 11) is 0. The van der Waals surface area contributed by atoms with Crippen LogP contribution < -0.4 is 0 Å². The summed E-state index contributed by atoms with van der Waals surface area (Å²) in [4.78, 5) is 0. The fourth-order valence-corrected chi connectivity index (χ4v) is 0. The molecule has 0 bridgehead atoms. The van der Waals surface area contributed by atoms with Crippen LogP contribution >= 0.6 is 12.0 Å². The second-order valence-electron chi connectivity index (χ2n) is 0. The molecule has 0 saturated carbocycles. The van der Waals surface area contributed by atoms with Gasteiger partial charge in [-0.1, -0.05) is 13.8 Å². The van der Waals surface area contributed by atoms with E-state index in [1.165, 1.54) is 0 Å². The Balaban J connectivity index is 0. The summed E-state index contributed by atoms with van der Waals surface area (Å²) in [6.07, 6.45) is 0.